The van der Waals surface area contributed by atoms with Gasteiger partial charge in [0.2, 0.25) is 5.78 Å². The van der Waals surface area contributed by atoms with Crippen LogP contribution in [0.25, 0.3) is 0 Å². The van der Waals surface area contributed by atoms with Gasteiger partial charge in [0.25, 0.3) is 0 Å². The molecule has 2 aromatic rings. The van der Waals surface area contributed by atoms with E-state index in [0.29, 0.717) is 21.2 Å². The van der Waals surface area contributed by atoms with Crippen molar-refractivity contribution in [3.8, 4) is 0 Å². The van der Waals surface area contributed by atoms with Gasteiger partial charge in [-0.25, -0.2) is 0 Å². The SMILES string of the molecule is Nc1c(Cl)csc1C(=O)c1ccccc1. The van der Waals surface area contributed by atoms with E-state index in [-0.39, 0.29) is 5.78 Å². The maximum absolute atomic E-state index is 12.0. The lowest BCUT2D eigenvalue weighted by atomic mass is 10.1. The average Bonchev–Trinajstić information content (AvgIpc) is 2.60. The molecule has 0 fully saturated rings. The number of thiophene rings is 1. The predicted octanol–water partition coefficient (Wildman–Crippen LogP) is 3.21. The molecule has 1 heterocycles. The Balaban J connectivity index is 2.42. The van der Waals surface area contributed by atoms with Crippen LogP contribution in [-0.4, -0.2) is 5.78 Å². The quantitative estimate of drug-likeness (QED) is 0.815. The van der Waals surface area contributed by atoms with Gasteiger partial charge in [-0.3, -0.25) is 4.79 Å². The average molecular weight is 238 g/mol. The molecule has 2 nitrogen and oxygen atoms in total. The van der Waals surface area contributed by atoms with E-state index >= 15 is 0 Å². The first-order chi connectivity index (χ1) is 7.20. The molecule has 0 amide bonds. The third-order valence-electron chi connectivity index (χ3n) is 2.02. The number of hydrogen-bond donors (Lipinski definition) is 1. The van der Waals surface area contributed by atoms with Crippen LogP contribution in [0.5, 0.6) is 0 Å². The molecule has 2 N–H and O–H groups in total. The van der Waals surface area contributed by atoms with Crippen molar-refractivity contribution in [2.24, 2.45) is 0 Å². The molecule has 0 atom stereocenters. The molecule has 0 aliphatic heterocycles. The first kappa shape index (κ1) is 10.2. The lowest BCUT2D eigenvalue weighted by Crippen LogP contribution is -2.01. The number of carbonyl (C=O) groups is 1. The van der Waals surface area contributed by atoms with E-state index in [1.807, 2.05) is 18.2 Å². The van der Waals surface area contributed by atoms with Crippen molar-refractivity contribution >= 4 is 34.4 Å². The van der Waals surface area contributed by atoms with E-state index < -0.39 is 0 Å². The van der Waals surface area contributed by atoms with Crippen LogP contribution in [-0.2, 0) is 0 Å². The summed E-state index contributed by atoms with van der Waals surface area (Å²) in [5, 5.41) is 2.12. The van der Waals surface area contributed by atoms with Crippen molar-refractivity contribution in [3.05, 3.63) is 51.2 Å². The standard InChI is InChI=1S/C11H8ClNOS/c12-8-6-15-11(9(8)13)10(14)7-4-2-1-3-5-7/h1-6H,13H2. The second-order valence-electron chi connectivity index (χ2n) is 3.02. The summed E-state index contributed by atoms with van der Waals surface area (Å²) in [6.45, 7) is 0. The molecule has 0 radical (unpaired) electrons. The molecule has 1 aromatic carbocycles. The molecule has 0 unspecified atom stereocenters. The van der Waals surface area contributed by atoms with E-state index in [2.05, 4.69) is 0 Å². The van der Waals surface area contributed by atoms with Crippen LogP contribution in [0, 0.1) is 0 Å². The zero-order valence-corrected chi connectivity index (χ0v) is 9.31. The molecular formula is C11H8ClNOS. The minimum atomic E-state index is -0.0787. The summed E-state index contributed by atoms with van der Waals surface area (Å²) in [7, 11) is 0. The Labute approximate surface area is 96.3 Å². The highest BCUT2D eigenvalue weighted by molar-refractivity contribution is 7.13. The summed E-state index contributed by atoms with van der Waals surface area (Å²) < 4.78 is 0. The summed E-state index contributed by atoms with van der Waals surface area (Å²) in [5.74, 6) is -0.0787. The smallest absolute Gasteiger partial charge is 0.205 e. The molecule has 4 heteroatoms. The monoisotopic (exact) mass is 237 g/mol. The molecule has 76 valence electrons. The molecule has 0 spiro atoms. The number of rotatable bonds is 2. The Kier molecular flexibility index (Phi) is 2.75. The van der Waals surface area contributed by atoms with Crippen LogP contribution in [0.4, 0.5) is 5.69 Å². The van der Waals surface area contributed by atoms with Crippen LogP contribution >= 0.6 is 22.9 Å². The molecule has 0 bridgehead atoms. The van der Waals surface area contributed by atoms with Gasteiger partial charge in [-0.2, -0.15) is 0 Å². The second-order valence-corrected chi connectivity index (χ2v) is 4.31. The number of anilines is 1. The van der Waals surface area contributed by atoms with Gasteiger partial charge in [0.15, 0.2) is 0 Å². The minimum absolute atomic E-state index is 0.0787. The summed E-state index contributed by atoms with van der Waals surface area (Å²) >= 11 is 7.07. The Bertz CT molecular complexity index is 493. The maximum atomic E-state index is 12.0. The van der Waals surface area contributed by atoms with Crippen LogP contribution in [0.15, 0.2) is 35.7 Å². The van der Waals surface area contributed by atoms with Crippen molar-refractivity contribution in [1.82, 2.24) is 0 Å². The van der Waals surface area contributed by atoms with E-state index in [1.54, 1.807) is 17.5 Å². The molecular weight excluding hydrogens is 230 g/mol. The summed E-state index contributed by atoms with van der Waals surface area (Å²) in [6.07, 6.45) is 0. The van der Waals surface area contributed by atoms with E-state index in [9.17, 15) is 4.79 Å². The number of halogens is 1. The van der Waals surface area contributed by atoms with E-state index in [4.69, 9.17) is 17.3 Å². The third kappa shape index (κ3) is 1.89. The topological polar surface area (TPSA) is 43.1 Å². The fourth-order valence-electron chi connectivity index (χ4n) is 1.24. The molecule has 15 heavy (non-hydrogen) atoms. The maximum Gasteiger partial charge on any atom is 0.205 e. The highest BCUT2D eigenvalue weighted by Gasteiger charge is 2.15. The largest absolute Gasteiger partial charge is 0.396 e. The summed E-state index contributed by atoms with van der Waals surface area (Å²) in [6, 6.07) is 9.02. The molecule has 0 aliphatic carbocycles. The van der Waals surface area contributed by atoms with Crippen LogP contribution in [0.2, 0.25) is 5.02 Å². The number of benzene rings is 1. The zero-order valence-electron chi connectivity index (χ0n) is 7.74. The van der Waals surface area contributed by atoms with Crippen molar-refractivity contribution in [2.75, 3.05) is 5.73 Å². The molecule has 1 aromatic heterocycles. The van der Waals surface area contributed by atoms with Crippen molar-refractivity contribution in [2.45, 2.75) is 0 Å². The van der Waals surface area contributed by atoms with Gasteiger partial charge < -0.3 is 5.73 Å². The number of hydrogen-bond acceptors (Lipinski definition) is 3. The third-order valence-corrected chi connectivity index (χ3v) is 3.46. The van der Waals surface area contributed by atoms with Gasteiger partial charge in [0.05, 0.1) is 15.6 Å². The van der Waals surface area contributed by atoms with Gasteiger partial charge in [-0.05, 0) is 0 Å². The van der Waals surface area contributed by atoms with Gasteiger partial charge in [0.1, 0.15) is 0 Å². The van der Waals surface area contributed by atoms with E-state index in [0.717, 1.165) is 0 Å². The Hall–Kier alpha value is -1.32. The van der Waals surface area contributed by atoms with Crippen LogP contribution in [0.3, 0.4) is 0 Å². The fourth-order valence-corrected chi connectivity index (χ4v) is 2.34. The molecule has 0 aliphatic rings. The minimum Gasteiger partial charge on any atom is -0.396 e. The number of nitrogen functional groups attached to an aromatic ring is 1. The zero-order chi connectivity index (χ0) is 10.8. The fraction of sp³-hybridized carbons (Fsp3) is 0. The predicted molar refractivity (Wildman–Crippen MR) is 63.6 cm³/mol. The van der Waals surface area contributed by atoms with Gasteiger partial charge in [-0.1, -0.05) is 41.9 Å². The van der Waals surface area contributed by atoms with Gasteiger partial charge in [0, 0.05) is 10.9 Å². The lowest BCUT2D eigenvalue weighted by Gasteiger charge is -1.98. The Morgan fingerprint density at radius 2 is 1.93 bits per heavy atom. The molecule has 0 saturated carbocycles. The van der Waals surface area contributed by atoms with Gasteiger partial charge >= 0.3 is 0 Å². The number of nitrogens with two attached hydrogens (primary N) is 1. The second kappa shape index (κ2) is 4.04. The number of ketones is 1. The Morgan fingerprint density at radius 3 is 2.47 bits per heavy atom. The van der Waals surface area contributed by atoms with Crippen LogP contribution in [0.1, 0.15) is 15.2 Å². The van der Waals surface area contributed by atoms with Gasteiger partial charge in [-0.15, -0.1) is 11.3 Å². The Morgan fingerprint density at radius 1 is 1.27 bits per heavy atom. The van der Waals surface area contributed by atoms with Crippen molar-refractivity contribution < 1.29 is 4.79 Å². The molecule has 2 rings (SSSR count). The first-order valence-corrected chi connectivity index (χ1v) is 5.58. The normalized spacial score (nSPS) is 10.2. The van der Waals surface area contributed by atoms with E-state index in [1.165, 1.54) is 11.3 Å². The lowest BCUT2D eigenvalue weighted by molar-refractivity contribution is 0.104. The highest BCUT2D eigenvalue weighted by atomic mass is 35.5. The summed E-state index contributed by atoms with van der Waals surface area (Å²) in [5.41, 5.74) is 6.70. The van der Waals surface area contributed by atoms with Crippen molar-refractivity contribution in [1.29, 1.82) is 0 Å². The summed E-state index contributed by atoms with van der Waals surface area (Å²) in [4.78, 5) is 12.5. The number of carbonyl (C=O) groups excluding carboxylic acids is 1. The highest BCUT2D eigenvalue weighted by Crippen LogP contribution is 2.31. The first-order valence-electron chi connectivity index (χ1n) is 4.32. The van der Waals surface area contributed by atoms with Crippen LogP contribution < -0.4 is 5.73 Å². The van der Waals surface area contributed by atoms with Crippen molar-refractivity contribution in [3.63, 3.8) is 0 Å². The molecule has 0 saturated heterocycles.